The normalized spacial score (nSPS) is 11.0. The molecular weight excluding hydrogens is 280 g/mol. The number of thiophene rings is 1. The molecule has 0 saturated heterocycles. The van der Waals surface area contributed by atoms with Crippen molar-refractivity contribution in [2.24, 2.45) is 0 Å². The zero-order chi connectivity index (χ0) is 13.2. The Morgan fingerprint density at radius 2 is 2.21 bits per heavy atom. The maximum Gasteiger partial charge on any atom is 0.307 e. The van der Waals surface area contributed by atoms with Crippen LogP contribution in [0.1, 0.15) is 12.7 Å². The van der Waals surface area contributed by atoms with E-state index in [1.54, 1.807) is 27.5 Å². The summed E-state index contributed by atoms with van der Waals surface area (Å²) in [6.07, 6.45) is 1.77. The molecule has 0 atom stereocenters. The predicted molar refractivity (Wildman–Crippen MR) is 79.3 cm³/mol. The van der Waals surface area contributed by atoms with Gasteiger partial charge in [-0.15, -0.1) is 11.3 Å². The van der Waals surface area contributed by atoms with Gasteiger partial charge in [0.05, 0.1) is 11.9 Å². The molecule has 19 heavy (non-hydrogen) atoms. The molecule has 0 unspecified atom stereocenters. The van der Waals surface area contributed by atoms with E-state index in [4.69, 9.17) is 0 Å². The summed E-state index contributed by atoms with van der Waals surface area (Å²) in [6, 6.07) is 2.01. The lowest BCUT2D eigenvalue weighted by molar-refractivity contribution is 0.739. The Labute approximate surface area is 117 Å². The molecule has 3 rings (SSSR count). The van der Waals surface area contributed by atoms with Crippen LogP contribution in [0.5, 0.6) is 0 Å². The molecular formula is C12H12N4OS2. The Morgan fingerprint density at radius 1 is 1.32 bits per heavy atom. The molecule has 3 aromatic rings. The third-order valence-electron chi connectivity index (χ3n) is 2.67. The Balaban J connectivity index is 2.04. The second kappa shape index (κ2) is 5.10. The number of hydrogen-bond acceptors (Lipinski definition) is 6. The Morgan fingerprint density at radius 3 is 2.95 bits per heavy atom. The van der Waals surface area contributed by atoms with E-state index in [2.05, 4.69) is 15.3 Å². The van der Waals surface area contributed by atoms with Gasteiger partial charge in [0.1, 0.15) is 10.6 Å². The van der Waals surface area contributed by atoms with Crippen LogP contribution in [0.15, 0.2) is 27.8 Å². The van der Waals surface area contributed by atoms with Crippen LogP contribution in [0.3, 0.4) is 0 Å². The highest BCUT2D eigenvalue weighted by molar-refractivity contribution is 7.16. The van der Waals surface area contributed by atoms with Gasteiger partial charge >= 0.3 is 4.87 Å². The monoisotopic (exact) mass is 292 g/mol. The number of hydrogen-bond donors (Lipinski definition) is 1. The molecule has 0 spiro atoms. The minimum atomic E-state index is 0.0138. The molecule has 7 heteroatoms. The van der Waals surface area contributed by atoms with Crippen LogP contribution in [-0.2, 0) is 6.54 Å². The Hall–Kier alpha value is -1.73. The highest BCUT2D eigenvalue weighted by Crippen LogP contribution is 2.25. The average molecular weight is 292 g/mol. The minimum Gasteiger partial charge on any atom is -0.370 e. The molecule has 0 fully saturated rings. The summed E-state index contributed by atoms with van der Waals surface area (Å²) in [5.74, 6) is 1.50. The molecule has 0 aromatic carbocycles. The molecule has 0 aliphatic rings. The van der Waals surface area contributed by atoms with Crippen molar-refractivity contribution in [3.63, 3.8) is 0 Å². The third-order valence-corrected chi connectivity index (χ3v) is 4.17. The zero-order valence-corrected chi connectivity index (χ0v) is 11.9. The zero-order valence-electron chi connectivity index (χ0n) is 10.3. The molecule has 0 bridgehead atoms. The van der Waals surface area contributed by atoms with E-state index >= 15 is 0 Å². The number of thiazole rings is 1. The Bertz CT molecular complexity index is 758. The van der Waals surface area contributed by atoms with Crippen LogP contribution in [0.25, 0.3) is 10.2 Å². The van der Waals surface area contributed by atoms with E-state index < -0.39 is 0 Å². The van der Waals surface area contributed by atoms with Crippen molar-refractivity contribution >= 4 is 38.7 Å². The lowest BCUT2D eigenvalue weighted by atomic mass is 10.3. The minimum absolute atomic E-state index is 0.0138. The molecule has 5 nitrogen and oxygen atoms in total. The van der Waals surface area contributed by atoms with E-state index in [0.717, 1.165) is 22.6 Å². The number of rotatable bonds is 4. The predicted octanol–water partition coefficient (Wildman–Crippen LogP) is 2.39. The third kappa shape index (κ3) is 2.39. The van der Waals surface area contributed by atoms with Gasteiger partial charge in [-0.25, -0.2) is 9.97 Å². The van der Waals surface area contributed by atoms with Crippen LogP contribution in [0.4, 0.5) is 5.82 Å². The van der Waals surface area contributed by atoms with Crippen molar-refractivity contribution in [2.75, 3.05) is 11.9 Å². The molecule has 0 radical (unpaired) electrons. The van der Waals surface area contributed by atoms with Gasteiger partial charge in [-0.1, -0.05) is 11.3 Å². The summed E-state index contributed by atoms with van der Waals surface area (Å²) in [6.45, 7) is 3.25. The van der Waals surface area contributed by atoms with Crippen molar-refractivity contribution in [3.05, 3.63) is 38.5 Å². The lowest BCUT2D eigenvalue weighted by Gasteiger charge is -2.07. The maximum absolute atomic E-state index is 11.6. The highest BCUT2D eigenvalue weighted by atomic mass is 32.1. The van der Waals surface area contributed by atoms with Gasteiger partial charge in [0.15, 0.2) is 5.82 Å². The molecule has 1 N–H and O–H groups in total. The van der Waals surface area contributed by atoms with Gasteiger partial charge in [-0.2, -0.15) is 0 Å². The van der Waals surface area contributed by atoms with Crippen molar-refractivity contribution < 1.29 is 0 Å². The molecule has 0 aliphatic carbocycles. The summed E-state index contributed by atoms with van der Waals surface area (Å²) in [5, 5.41) is 8.05. The Kier molecular flexibility index (Phi) is 3.31. The van der Waals surface area contributed by atoms with E-state index in [0.29, 0.717) is 12.4 Å². The number of anilines is 1. The maximum atomic E-state index is 11.6. The van der Waals surface area contributed by atoms with Gasteiger partial charge < -0.3 is 5.32 Å². The van der Waals surface area contributed by atoms with E-state index in [9.17, 15) is 4.79 Å². The van der Waals surface area contributed by atoms with Crippen molar-refractivity contribution in [3.8, 4) is 0 Å². The lowest BCUT2D eigenvalue weighted by Crippen LogP contribution is -2.15. The molecule has 0 aliphatic heterocycles. The van der Waals surface area contributed by atoms with E-state index in [1.165, 1.54) is 11.3 Å². The average Bonchev–Trinajstić information content (AvgIpc) is 3.00. The van der Waals surface area contributed by atoms with Crippen molar-refractivity contribution in [1.82, 2.24) is 14.5 Å². The summed E-state index contributed by atoms with van der Waals surface area (Å²) in [7, 11) is 0. The number of fused-ring (bicyclic) bond motifs is 1. The highest BCUT2D eigenvalue weighted by Gasteiger charge is 2.09. The SMILES string of the molecule is CCNc1nc(Cn2ccsc2=O)nc2sccc12. The number of aromatic nitrogens is 3. The quantitative estimate of drug-likeness (QED) is 0.802. The summed E-state index contributed by atoms with van der Waals surface area (Å²) >= 11 is 2.76. The number of nitrogens with zero attached hydrogens (tertiary/aromatic N) is 3. The topological polar surface area (TPSA) is 59.8 Å². The summed E-state index contributed by atoms with van der Waals surface area (Å²) in [5.41, 5.74) is 0. The fourth-order valence-corrected chi connectivity index (χ4v) is 3.20. The molecule has 3 heterocycles. The van der Waals surface area contributed by atoms with Gasteiger partial charge in [0, 0.05) is 18.1 Å². The van der Waals surface area contributed by atoms with Crippen LogP contribution >= 0.6 is 22.7 Å². The van der Waals surface area contributed by atoms with Crippen LogP contribution in [-0.4, -0.2) is 21.1 Å². The van der Waals surface area contributed by atoms with Gasteiger partial charge in [0.25, 0.3) is 0 Å². The van der Waals surface area contributed by atoms with E-state index in [1.807, 2.05) is 18.4 Å². The second-order valence-corrected chi connectivity index (χ2v) is 5.71. The smallest absolute Gasteiger partial charge is 0.307 e. The first kappa shape index (κ1) is 12.3. The standard InChI is InChI=1S/C12H12N4OS2/c1-2-13-10-8-3-5-18-11(8)15-9(14-10)7-16-4-6-19-12(16)17/h3-6H,2,7H2,1H3,(H,13,14,15). The van der Waals surface area contributed by atoms with Crippen molar-refractivity contribution in [1.29, 1.82) is 0 Å². The number of nitrogens with one attached hydrogen (secondary N) is 1. The molecule has 0 amide bonds. The summed E-state index contributed by atoms with van der Waals surface area (Å²) in [4.78, 5) is 21.5. The first-order valence-corrected chi connectivity index (χ1v) is 7.66. The van der Waals surface area contributed by atoms with Gasteiger partial charge in [-0.3, -0.25) is 9.36 Å². The fraction of sp³-hybridized carbons (Fsp3) is 0.250. The molecule has 0 saturated carbocycles. The first-order chi connectivity index (χ1) is 9.28. The first-order valence-electron chi connectivity index (χ1n) is 5.90. The van der Waals surface area contributed by atoms with Gasteiger partial charge in [0.2, 0.25) is 0 Å². The molecule has 98 valence electrons. The van der Waals surface area contributed by atoms with Crippen LogP contribution in [0, 0.1) is 0 Å². The van der Waals surface area contributed by atoms with Crippen LogP contribution in [0.2, 0.25) is 0 Å². The fourth-order valence-electron chi connectivity index (χ4n) is 1.83. The molecule has 3 aromatic heterocycles. The second-order valence-electron chi connectivity index (χ2n) is 3.96. The van der Waals surface area contributed by atoms with Gasteiger partial charge in [-0.05, 0) is 18.4 Å². The van der Waals surface area contributed by atoms with Crippen LogP contribution < -0.4 is 10.2 Å². The van der Waals surface area contributed by atoms with E-state index in [-0.39, 0.29) is 4.87 Å². The van der Waals surface area contributed by atoms with Crippen molar-refractivity contribution in [2.45, 2.75) is 13.5 Å². The summed E-state index contributed by atoms with van der Waals surface area (Å²) < 4.78 is 1.62. The largest absolute Gasteiger partial charge is 0.370 e.